The molecular weight excluding hydrogens is 433 g/mol. The molecule has 0 saturated carbocycles. The van der Waals surface area contributed by atoms with Gasteiger partial charge in [-0.25, -0.2) is 4.79 Å². The Bertz CT molecular complexity index is 633. The molecule has 0 aromatic heterocycles. The number of hydrogen-bond donors (Lipinski definition) is 0. The van der Waals surface area contributed by atoms with Crippen molar-refractivity contribution in [3.8, 4) is 0 Å². The maximum atomic E-state index is 13.0. The number of hydrogen-bond acceptors (Lipinski definition) is 7. The maximum Gasteiger partial charge on any atom is 0.413 e. The minimum atomic E-state index is -0.821. The third-order valence-corrected chi connectivity index (χ3v) is 8.97. The molecule has 1 aromatic rings. The van der Waals surface area contributed by atoms with E-state index >= 15 is 0 Å². The van der Waals surface area contributed by atoms with Crippen LogP contribution in [0.3, 0.4) is 0 Å². The molecule has 0 aliphatic carbocycles. The van der Waals surface area contributed by atoms with Gasteiger partial charge in [0.1, 0.15) is 13.2 Å². The summed E-state index contributed by atoms with van der Waals surface area (Å²) >= 11 is 8.56. The molecule has 0 unspecified atom stereocenters. The Balaban J connectivity index is 3.15. The first-order valence-corrected chi connectivity index (χ1v) is 12.7. The van der Waals surface area contributed by atoms with Crippen molar-refractivity contribution >= 4 is 54.7 Å². The molecule has 5 nitrogen and oxygen atoms in total. The Labute approximate surface area is 183 Å². The summed E-state index contributed by atoms with van der Waals surface area (Å²) in [4.78, 5) is 26.7. The molecule has 0 spiro atoms. The lowest BCUT2D eigenvalue weighted by molar-refractivity contribution is -0.144. The van der Waals surface area contributed by atoms with Gasteiger partial charge >= 0.3 is 12.1 Å². The van der Waals surface area contributed by atoms with Gasteiger partial charge in [-0.2, -0.15) is 0 Å². The topological polar surface area (TPSA) is 55.8 Å². The van der Waals surface area contributed by atoms with Crippen molar-refractivity contribution < 1.29 is 19.1 Å². The van der Waals surface area contributed by atoms with Crippen molar-refractivity contribution in [3.05, 3.63) is 35.9 Å². The van der Waals surface area contributed by atoms with E-state index in [4.69, 9.17) is 21.3 Å². The summed E-state index contributed by atoms with van der Waals surface area (Å²) in [6.07, 6.45) is -0.574. The van der Waals surface area contributed by atoms with E-state index in [0.717, 1.165) is 5.56 Å². The normalized spacial score (nSPS) is 11.7. The first-order valence-electron chi connectivity index (χ1n) is 9.08. The standard InChI is InChI=1S/C19H28NO4PS3/c1-6-23-17(21)12-20(18(22)24-13-16-10-8-7-9-11-16)19(25-26,27-14(2)3)28-15(4)5/h7-11,14-15H,6,12-13H2,1-5H3. The lowest BCUT2D eigenvalue weighted by Gasteiger charge is -2.40. The number of thioether (sulfide) groups is 2. The minimum absolute atomic E-state index is 0.127. The van der Waals surface area contributed by atoms with Crippen LogP contribution in [0, 0.1) is 0 Å². The van der Waals surface area contributed by atoms with Gasteiger partial charge in [0.05, 0.1) is 6.61 Å². The Hall–Kier alpha value is -0.820. The molecule has 0 aliphatic rings. The van der Waals surface area contributed by atoms with E-state index in [1.54, 1.807) is 30.4 Å². The summed E-state index contributed by atoms with van der Waals surface area (Å²) < 4.78 is 9.81. The zero-order chi connectivity index (χ0) is 21.2. The Morgan fingerprint density at radius 2 is 1.68 bits per heavy atom. The molecule has 1 amide bonds. The largest absolute Gasteiger partial charge is 0.465 e. The predicted octanol–water partition coefficient (Wildman–Crippen LogP) is 5.49. The fourth-order valence-corrected chi connectivity index (χ4v) is 8.34. The molecule has 0 fully saturated rings. The number of carbonyl (C=O) groups excluding carboxylic acids is 2. The van der Waals surface area contributed by atoms with E-state index in [2.05, 4.69) is 0 Å². The second kappa shape index (κ2) is 12.7. The molecule has 0 bridgehead atoms. The van der Waals surface area contributed by atoms with Crippen molar-refractivity contribution in [2.75, 3.05) is 13.2 Å². The Morgan fingerprint density at radius 3 is 2.14 bits per heavy atom. The zero-order valence-electron chi connectivity index (χ0n) is 16.9. The molecule has 0 saturated heterocycles. The second-order valence-corrected chi connectivity index (χ2v) is 12.2. The number of carbonyl (C=O) groups is 2. The summed E-state index contributed by atoms with van der Waals surface area (Å²) in [6.45, 7) is 10.1. The van der Waals surface area contributed by atoms with Gasteiger partial charge in [0.15, 0.2) is 3.94 Å². The van der Waals surface area contributed by atoms with Crippen molar-refractivity contribution in [2.45, 2.75) is 55.7 Å². The zero-order valence-corrected chi connectivity index (χ0v) is 20.3. The van der Waals surface area contributed by atoms with Gasteiger partial charge in [-0.3, -0.25) is 9.69 Å². The minimum Gasteiger partial charge on any atom is -0.465 e. The molecule has 0 heterocycles. The third-order valence-electron chi connectivity index (χ3n) is 3.25. The predicted molar refractivity (Wildman–Crippen MR) is 122 cm³/mol. The second-order valence-electron chi connectivity index (χ2n) is 6.40. The van der Waals surface area contributed by atoms with Crippen LogP contribution in [-0.2, 0) is 32.7 Å². The van der Waals surface area contributed by atoms with E-state index in [0.29, 0.717) is 7.36 Å². The number of nitrogens with zero attached hydrogens (tertiary/aromatic N) is 1. The quantitative estimate of drug-likeness (QED) is 0.245. The van der Waals surface area contributed by atoms with Crippen molar-refractivity contribution in [2.24, 2.45) is 0 Å². The van der Waals surface area contributed by atoms with Crippen LogP contribution < -0.4 is 0 Å². The summed E-state index contributed by atoms with van der Waals surface area (Å²) in [5.41, 5.74) is 0.876. The highest BCUT2D eigenvalue weighted by atomic mass is 32.4. The summed E-state index contributed by atoms with van der Waals surface area (Å²) in [6, 6.07) is 9.43. The van der Waals surface area contributed by atoms with Gasteiger partial charge in [-0.15, -0.1) is 23.5 Å². The highest BCUT2D eigenvalue weighted by Gasteiger charge is 2.44. The van der Waals surface area contributed by atoms with Gasteiger partial charge in [-0.05, 0) is 12.5 Å². The van der Waals surface area contributed by atoms with Crippen LogP contribution in [0.25, 0.3) is 0 Å². The highest BCUT2D eigenvalue weighted by molar-refractivity contribution is 8.27. The number of esters is 1. The first-order chi connectivity index (χ1) is 13.2. The van der Waals surface area contributed by atoms with E-state index in [1.807, 2.05) is 58.0 Å². The van der Waals surface area contributed by atoms with Gasteiger partial charge < -0.3 is 9.47 Å². The van der Waals surface area contributed by atoms with E-state index in [-0.39, 0.29) is 30.3 Å². The Morgan fingerprint density at radius 1 is 1.11 bits per heavy atom. The molecule has 0 radical (unpaired) electrons. The lowest BCUT2D eigenvalue weighted by atomic mass is 10.2. The molecular formula is C19H28NO4PS3. The Kier molecular flexibility index (Phi) is 11.4. The molecule has 28 heavy (non-hydrogen) atoms. The molecule has 1 aromatic carbocycles. The van der Waals surface area contributed by atoms with Gasteiger partial charge in [0.2, 0.25) is 0 Å². The molecule has 0 aliphatic heterocycles. The van der Waals surface area contributed by atoms with E-state index in [1.165, 1.54) is 4.90 Å². The molecule has 0 atom stereocenters. The number of rotatable bonds is 11. The summed E-state index contributed by atoms with van der Waals surface area (Å²) in [5, 5.41) is 0.404. The smallest absolute Gasteiger partial charge is 0.413 e. The van der Waals surface area contributed by atoms with Crippen LogP contribution in [0.4, 0.5) is 4.79 Å². The van der Waals surface area contributed by atoms with Crippen LogP contribution in [-0.4, -0.2) is 44.6 Å². The van der Waals surface area contributed by atoms with Crippen molar-refractivity contribution in [1.29, 1.82) is 0 Å². The average Bonchev–Trinajstić information content (AvgIpc) is 2.64. The molecule has 156 valence electrons. The number of amides is 1. The van der Waals surface area contributed by atoms with Gasteiger partial charge in [-0.1, -0.05) is 69.8 Å². The van der Waals surface area contributed by atoms with Crippen LogP contribution >= 0.6 is 30.9 Å². The molecule has 9 heteroatoms. The van der Waals surface area contributed by atoms with Crippen LogP contribution in [0.1, 0.15) is 40.2 Å². The van der Waals surface area contributed by atoms with Crippen LogP contribution in [0.2, 0.25) is 0 Å². The number of ether oxygens (including phenoxy) is 2. The summed E-state index contributed by atoms with van der Waals surface area (Å²) in [7, 11) is 0.548. The first kappa shape index (κ1) is 25.2. The molecule has 1 rings (SSSR count). The fraction of sp³-hybridized carbons (Fsp3) is 0.579. The van der Waals surface area contributed by atoms with Gasteiger partial charge in [0, 0.05) is 17.9 Å². The summed E-state index contributed by atoms with van der Waals surface area (Å²) in [5.74, 6) is -0.476. The van der Waals surface area contributed by atoms with Gasteiger partial charge in [0.25, 0.3) is 0 Å². The van der Waals surface area contributed by atoms with E-state index < -0.39 is 16.0 Å². The third kappa shape index (κ3) is 8.27. The van der Waals surface area contributed by atoms with E-state index in [9.17, 15) is 9.59 Å². The van der Waals surface area contributed by atoms with Crippen LogP contribution in [0.5, 0.6) is 0 Å². The maximum absolute atomic E-state index is 13.0. The number of benzene rings is 1. The van der Waals surface area contributed by atoms with Crippen LogP contribution in [0.15, 0.2) is 30.3 Å². The highest BCUT2D eigenvalue weighted by Crippen LogP contribution is 2.52. The average molecular weight is 462 g/mol. The van der Waals surface area contributed by atoms with Crippen molar-refractivity contribution in [1.82, 2.24) is 4.90 Å². The SMILES string of the molecule is CCOC(=O)CN(C(=O)OCc1ccccc1)C(P=S)(SC(C)C)SC(C)C. The monoisotopic (exact) mass is 461 g/mol. The molecule has 0 N–H and O–H groups in total. The fourth-order valence-electron chi connectivity index (χ4n) is 2.27. The lowest BCUT2D eigenvalue weighted by Crippen LogP contribution is -2.48. The van der Waals surface area contributed by atoms with Crippen molar-refractivity contribution in [3.63, 3.8) is 0 Å².